The molecule has 3 aromatic heterocycles. The van der Waals surface area contributed by atoms with Gasteiger partial charge in [0.15, 0.2) is 47.7 Å². The van der Waals surface area contributed by atoms with Crippen LogP contribution >= 0.6 is 0 Å². The van der Waals surface area contributed by atoms with E-state index < -0.39 is 0 Å². The number of benzene rings is 4. The van der Waals surface area contributed by atoms with E-state index in [4.69, 9.17) is 48.9 Å². The van der Waals surface area contributed by atoms with E-state index in [-0.39, 0.29) is 67.9 Å². The molecule has 0 atom stereocenters. The Bertz CT molecular complexity index is 3550. The number of fused-ring (bicyclic) bond motifs is 20. The third kappa shape index (κ3) is 19.8. The van der Waals surface area contributed by atoms with Crippen LogP contribution in [0, 0.1) is 0 Å². The zero-order valence-electron chi connectivity index (χ0n) is 58.9. The van der Waals surface area contributed by atoms with Crippen LogP contribution in [0.4, 0.5) is 0 Å². The summed E-state index contributed by atoms with van der Waals surface area (Å²) in [4.78, 5) is 40.0. The summed E-state index contributed by atoms with van der Waals surface area (Å²) in [7, 11) is 53.0. The van der Waals surface area contributed by atoms with Crippen LogP contribution in [0.25, 0.3) is 89.7 Å². The summed E-state index contributed by atoms with van der Waals surface area (Å²) >= 11 is 0. The third-order valence-corrected chi connectivity index (χ3v) is 14.9. The Balaban J connectivity index is 0.00000576. The molecule has 7 aromatic rings. The second-order valence-electron chi connectivity index (χ2n) is 33.2. The molecule has 0 unspecified atom stereocenters. The first kappa shape index (κ1) is 71.9. The van der Waals surface area contributed by atoms with Gasteiger partial charge in [-0.05, 0) is 72.8 Å². The van der Waals surface area contributed by atoms with E-state index in [0.717, 1.165) is 155 Å². The minimum Gasteiger partial charge on any atom is -1.00 e. The van der Waals surface area contributed by atoms with Crippen LogP contribution in [0.5, 0.6) is 23.0 Å². The molecule has 90 heavy (non-hydrogen) atoms. The number of halogens is 1. The second-order valence-corrected chi connectivity index (χ2v) is 33.2. The number of aromatic nitrogens is 8. The zero-order valence-corrected chi connectivity index (χ0v) is 64.0. The number of H-pyrrole nitrogens is 2. The van der Waals surface area contributed by atoms with Crippen molar-refractivity contribution < 1.29 is 98.3 Å². The molecular weight excluding hydrogens is 1300 g/mol. The molecular formula is C68H106IN16O4Zn+9. The predicted octanol–water partition coefficient (Wildman–Crippen LogP) is 4.51. The van der Waals surface area contributed by atoms with Crippen molar-refractivity contribution in [3.05, 3.63) is 72.8 Å². The quantitative estimate of drug-likeness (QED) is 0.0504. The first-order chi connectivity index (χ1) is 40.4. The van der Waals surface area contributed by atoms with Crippen molar-refractivity contribution in [1.29, 1.82) is 0 Å². The maximum absolute atomic E-state index is 7.00. The molecule has 9 rings (SSSR count). The smallest absolute Gasteiger partial charge is 1.00 e. The van der Waals surface area contributed by atoms with Crippen LogP contribution in [0.3, 0.4) is 0 Å². The predicted molar refractivity (Wildman–Crippen MR) is 357 cm³/mol. The van der Waals surface area contributed by atoms with Crippen LogP contribution in [0.1, 0.15) is 0 Å². The molecule has 0 saturated carbocycles. The minimum absolute atomic E-state index is 0. The van der Waals surface area contributed by atoms with Gasteiger partial charge in [0, 0.05) is 43.8 Å². The van der Waals surface area contributed by atoms with E-state index >= 15 is 0 Å². The zero-order chi connectivity index (χ0) is 64.5. The van der Waals surface area contributed by atoms with E-state index in [1.807, 2.05) is 24.3 Å². The van der Waals surface area contributed by atoms with Crippen molar-refractivity contribution in [1.82, 2.24) is 39.9 Å². The largest absolute Gasteiger partial charge is 2.00 e. The average molecular weight is 1400 g/mol. The molecule has 0 spiro atoms. The van der Waals surface area contributed by atoms with Crippen molar-refractivity contribution in [2.75, 3.05) is 222 Å². The number of hydrogen-bond donors (Lipinski definition) is 2. The van der Waals surface area contributed by atoms with E-state index in [2.05, 4.69) is 228 Å². The van der Waals surface area contributed by atoms with Gasteiger partial charge in [0.05, 0.1) is 169 Å². The van der Waals surface area contributed by atoms with Crippen LogP contribution < -0.4 is 42.9 Å². The number of quaternary nitrogens is 8. The van der Waals surface area contributed by atoms with Gasteiger partial charge in [-0.15, -0.1) is 0 Å². The number of nitrogens with one attached hydrogen (secondary N) is 2. The Hall–Kier alpha value is -5.53. The minimum atomic E-state index is -0.0809. The summed E-state index contributed by atoms with van der Waals surface area (Å²) in [5.41, 5.74) is 5.52. The van der Waals surface area contributed by atoms with E-state index in [0.29, 0.717) is 45.9 Å². The number of nitrogens with zero attached hydrogens (tertiary/aromatic N) is 14. The molecule has 2 aliphatic heterocycles. The SMILES string of the molecule is C[N+](C)(C)CC(C[N+](C)(C)C)Oc1ccc2c(c1)-c1nc-2nc2[nH]c(nc3nc(nc4[nH]c(n1)c1ccc(OC(C[N+](C)(C)C)C[N+](C)(C)C)cc41)-c1ccc(OC(C[N+](C)(C)C)C[N+](C)(C)C)cc1-3)c1ccc(OC(C[N+](C)(C)C)C[N+](C)(C)C)cc21.[I-].[Zn+2]. The maximum Gasteiger partial charge on any atom is 2.00 e. The summed E-state index contributed by atoms with van der Waals surface area (Å²) < 4.78 is 34.0. The first-order valence-corrected chi connectivity index (χ1v) is 30.9. The van der Waals surface area contributed by atoms with Crippen molar-refractivity contribution in [2.24, 2.45) is 0 Å². The van der Waals surface area contributed by atoms with Crippen molar-refractivity contribution in [3.63, 3.8) is 0 Å². The second kappa shape index (κ2) is 26.5. The van der Waals surface area contributed by atoms with E-state index in [1.54, 1.807) is 0 Å². The molecule has 0 saturated heterocycles. The summed E-state index contributed by atoms with van der Waals surface area (Å²) in [5.74, 6) is 4.88. The molecule has 22 heteroatoms. The molecule has 2 aliphatic rings. The van der Waals surface area contributed by atoms with Gasteiger partial charge in [-0.1, -0.05) is 0 Å². The van der Waals surface area contributed by atoms with Crippen LogP contribution in [0.15, 0.2) is 72.8 Å². The average Bonchev–Trinajstić information content (AvgIpc) is 1.64. The number of ether oxygens (including phenoxy) is 4. The van der Waals surface area contributed by atoms with Gasteiger partial charge in [-0.3, -0.25) is 0 Å². The first-order valence-electron chi connectivity index (χ1n) is 30.9. The Morgan fingerprint density at radius 2 is 0.489 bits per heavy atom. The fourth-order valence-corrected chi connectivity index (χ4v) is 12.2. The summed E-state index contributed by atoms with van der Waals surface area (Å²) in [6, 6.07) is 24.8. The topological polar surface area (TPSA) is 146 Å². The Kier molecular flexibility index (Phi) is 21.1. The molecule has 4 aromatic carbocycles. The van der Waals surface area contributed by atoms with Gasteiger partial charge in [0.25, 0.3) is 0 Å². The molecule has 8 bridgehead atoms. The number of rotatable bonds is 24. The summed E-state index contributed by atoms with van der Waals surface area (Å²) in [5, 5.41) is 3.33. The molecule has 0 fully saturated rings. The Labute approximate surface area is 565 Å². The van der Waals surface area contributed by atoms with E-state index in [1.165, 1.54) is 0 Å². The molecule has 5 heterocycles. The van der Waals surface area contributed by atoms with Crippen LogP contribution in [-0.2, 0) is 19.5 Å². The molecule has 0 aliphatic carbocycles. The van der Waals surface area contributed by atoms with Gasteiger partial charge in [0.1, 0.15) is 97.9 Å². The van der Waals surface area contributed by atoms with Crippen molar-refractivity contribution in [3.8, 4) is 68.5 Å². The molecule has 2 N–H and O–H groups in total. The molecule has 20 nitrogen and oxygen atoms in total. The van der Waals surface area contributed by atoms with Gasteiger partial charge < -0.3 is 88.8 Å². The number of aromatic amines is 2. The molecule has 0 amide bonds. The van der Waals surface area contributed by atoms with Gasteiger partial charge in [-0.2, -0.15) is 0 Å². The molecule has 0 radical (unpaired) electrons. The van der Waals surface area contributed by atoms with Gasteiger partial charge >= 0.3 is 19.5 Å². The number of hydrogen-bond acceptors (Lipinski definition) is 10. The fourth-order valence-electron chi connectivity index (χ4n) is 12.2. The van der Waals surface area contributed by atoms with Crippen LogP contribution in [-0.4, -0.2) is 322 Å². The normalized spacial score (nSPS) is 13.5. The van der Waals surface area contributed by atoms with Crippen molar-refractivity contribution in [2.45, 2.75) is 24.4 Å². The standard InChI is InChI=1S/C68H106N16O4.HI.Zn/c1-77(2,3)37-49(38-78(4,5)6)85-45-25-29-53-57(33-45)65-69-61(53)74-66-59-35-47(87-51(41-81(13,14)15)42-82(16,17)18)27-31-55(59)63(71-66)76-68-60-36-48(88-52(43-83(19,20)21)44-84(22,23)24)28-32-56(60)64(72-68)75-67-58-34-46(26-30-54(58)62(70-67)73-65)86-50(39-79(7,8)9)40-80(10,11)12;;/h25-36,49-52H,37-44H2,1-24H3,(H2,69,70,71,72,73,74,75,76);1H;/q+8;;+2/p-1. The van der Waals surface area contributed by atoms with Gasteiger partial charge in [0.2, 0.25) is 0 Å². The molecule has 482 valence electrons. The summed E-state index contributed by atoms with van der Waals surface area (Å²) in [6.07, 6.45) is -0.320. The Morgan fingerprint density at radius 1 is 0.278 bits per heavy atom. The fraction of sp³-hybridized carbons (Fsp3) is 0.529. The monoisotopic (exact) mass is 1400 g/mol. The van der Waals surface area contributed by atoms with Crippen molar-refractivity contribution >= 4 is 44.1 Å². The summed E-state index contributed by atoms with van der Waals surface area (Å²) in [6.45, 7) is 6.49. The van der Waals surface area contributed by atoms with Gasteiger partial charge in [-0.25, -0.2) is 29.9 Å². The van der Waals surface area contributed by atoms with E-state index in [9.17, 15) is 0 Å². The Morgan fingerprint density at radius 3 is 0.733 bits per heavy atom. The third-order valence-electron chi connectivity index (χ3n) is 14.9. The van der Waals surface area contributed by atoms with Crippen LogP contribution in [0.2, 0.25) is 0 Å². The maximum atomic E-state index is 7.00. The number of likely N-dealkylation sites (N-methyl/N-ethyl adjacent to an activating group) is 8.